The predicted octanol–water partition coefficient (Wildman–Crippen LogP) is 2.90. The summed E-state index contributed by atoms with van der Waals surface area (Å²) in [5, 5.41) is 11.0. The van der Waals surface area contributed by atoms with E-state index in [2.05, 4.69) is 20.3 Å². The van der Waals surface area contributed by atoms with Crippen LogP contribution in [0.3, 0.4) is 0 Å². The molecule has 0 aliphatic heterocycles. The molecule has 0 atom stereocenters. The Morgan fingerprint density at radius 1 is 1.50 bits per heavy atom. The third kappa shape index (κ3) is 1.21. The van der Waals surface area contributed by atoms with Crippen LogP contribution in [0.25, 0.3) is 10.1 Å². The lowest BCUT2D eigenvalue weighted by atomic mass is 10.2. The highest BCUT2D eigenvalue weighted by Gasteiger charge is 2.04. The molecule has 0 saturated heterocycles. The van der Waals surface area contributed by atoms with Gasteiger partial charge in [0, 0.05) is 10.7 Å². The molecule has 1 aromatic carbocycles. The number of phenolic OH excluding ortho intramolecular Hbond substituents is 1. The van der Waals surface area contributed by atoms with Crippen molar-refractivity contribution in [3.63, 3.8) is 0 Å². The first-order valence-corrected chi connectivity index (χ1v) is 5.34. The summed E-state index contributed by atoms with van der Waals surface area (Å²) in [7, 11) is 0. The van der Waals surface area contributed by atoms with Gasteiger partial charge in [-0.2, -0.15) is 4.37 Å². The molecule has 0 amide bonds. The van der Waals surface area contributed by atoms with Crippen molar-refractivity contribution in [3.05, 3.63) is 23.9 Å². The fraction of sp³-hybridized carbons (Fsp3) is 0.125. The number of nitrogens with zero attached hydrogens (tertiary/aromatic N) is 1. The van der Waals surface area contributed by atoms with Crippen molar-refractivity contribution in [2.24, 2.45) is 0 Å². The van der Waals surface area contributed by atoms with Crippen LogP contribution in [0, 0.1) is 0 Å². The summed E-state index contributed by atoms with van der Waals surface area (Å²) < 4.78 is 5.35. The van der Waals surface area contributed by atoms with E-state index in [-0.39, 0.29) is 0 Å². The van der Waals surface area contributed by atoms with E-state index < -0.39 is 0 Å². The Kier molecular flexibility index (Phi) is 2.02. The number of halogens is 1. The minimum atomic E-state index is 0.296. The Balaban J connectivity index is 2.75. The van der Waals surface area contributed by atoms with Crippen LogP contribution in [0.1, 0.15) is 5.69 Å². The summed E-state index contributed by atoms with van der Waals surface area (Å²) in [6.45, 7) is 0. The number of fused-ring (bicyclic) bond motifs is 1. The van der Waals surface area contributed by atoms with Gasteiger partial charge in [-0.3, -0.25) is 0 Å². The molecule has 2 aromatic rings. The Morgan fingerprint density at radius 3 is 3.08 bits per heavy atom. The number of alkyl halides is 1. The Bertz CT molecular complexity index is 412. The van der Waals surface area contributed by atoms with Crippen molar-refractivity contribution >= 4 is 37.5 Å². The molecule has 1 aromatic heterocycles. The topological polar surface area (TPSA) is 33.1 Å². The molecule has 0 fully saturated rings. The Morgan fingerprint density at radius 2 is 2.33 bits per heavy atom. The monoisotopic (exact) mass is 243 g/mol. The molecule has 2 rings (SSSR count). The van der Waals surface area contributed by atoms with Crippen molar-refractivity contribution < 1.29 is 5.11 Å². The lowest BCUT2D eigenvalue weighted by Crippen LogP contribution is -1.75. The summed E-state index contributed by atoms with van der Waals surface area (Å²) in [5.74, 6) is 0.296. The molecule has 1 N–H and O–H groups in total. The van der Waals surface area contributed by atoms with Crippen LogP contribution in [-0.2, 0) is 5.33 Å². The van der Waals surface area contributed by atoms with Crippen LogP contribution in [0.2, 0.25) is 0 Å². The zero-order valence-electron chi connectivity index (χ0n) is 6.12. The van der Waals surface area contributed by atoms with Gasteiger partial charge in [-0.25, -0.2) is 0 Å². The third-order valence-corrected chi connectivity index (χ3v) is 3.05. The van der Waals surface area contributed by atoms with Crippen LogP contribution in [0.5, 0.6) is 5.75 Å². The largest absolute Gasteiger partial charge is 0.508 e. The van der Waals surface area contributed by atoms with Crippen LogP contribution in [0.15, 0.2) is 18.2 Å². The van der Waals surface area contributed by atoms with E-state index in [9.17, 15) is 5.11 Å². The van der Waals surface area contributed by atoms with Gasteiger partial charge in [0.05, 0.1) is 10.4 Å². The second-order valence-electron chi connectivity index (χ2n) is 2.44. The maximum Gasteiger partial charge on any atom is 0.116 e. The van der Waals surface area contributed by atoms with Gasteiger partial charge in [-0.15, -0.1) is 0 Å². The van der Waals surface area contributed by atoms with E-state index in [4.69, 9.17) is 0 Å². The summed E-state index contributed by atoms with van der Waals surface area (Å²) in [6.07, 6.45) is 0. The standard InChI is InChI=1S/C8H6BrNOS/c9-4-7-6-3-5(11)1-2-8(6)12-10-7/h1-3,11H,4H2. The van der Waals surface area contributed by atoms with Crippen molar-refractivity contribution in [2.45, 2.75) is 5.33 Å². The first kappa shape index (κ1) is 8.01. The average Bonchev–Trinajstić information content (AvgIpc) is 2.46. The molecule has 0 aliphatic rings. The van der Waals surface area contributed by atoms with Gasteiger partial charge in [0.1, 0.15) is 5.75 Å². The van der Waals surface area contributed by atoms with Crippen molar-refractivity contribution in [2.75, 3.05) is 0 Å². The minimum Gasteiger partial charge on any atom is -0.508 e. The van der Waals surface area contributed by atoms with E-state index in [1.54, 1.807) is 12.1 Å². The quantitative estimate of drug-likeness (QED) is 0.782. The van der Waals surface area contributed by atoms with E-state index in [1.165, 1.54) is 11.5 Å². The number of aromatic nitrogens is 1. The second-order valence-corrected chi connectivity index (χ2v) is 3.81. The number of hydrogen-bond donors (Lipinski definition) is 1. The van der Waals surface area contributed by atoms with Crippen molar-refractivity contribution in [1.82, 2.24) is 4.37 Å². The fourth-order valence-corrected chi connectivity index (χ4v) is 2.44. The molecule has 0 bridgehead atoms. The maximum atomic E-state index is 9.23. The molecule has 0 aliphatic carbocycles. The zero-order chi connectivity index (χ0) is 8.55. The van der Waals surface area contributed by atoms with E-state index in [0.29, 0.717) is 5.75 Å². The lowest BCUT2D eigenvalue weighted by molar-refractivity contribution is 0.476. The van der Waals surface area contributed by atoms with Gasteiger partial charge in [-0.05, 0) is 29.7 Å². The van der Waals surface area contributed by atoms with Crippen molar-refractivity contribution in [1.29, 1.82) is 0 Å². The molecule has 0 radical (unpaired) electrons. The Labute approximate surface area is 82.1 Å². The normalized spacial score (nSPS) is 10.8. The molecule has 0 unspecified atom stereocenters. The van der Waals surface area contributed by atoms with Crippen LogP contribution in [-0.4, -0.2) is 9.48 Å². The fourth-order valence-electron chi connectivity index (χ4n) is 1.07. The van der Waals surface area contributed by atoms with Crippen molar-refractivity contribution in [3.8, 4) is 5.75 Å². The first-order valence-electron chi connectivity index (χ1n) is 3.44. The van der Waals surface area contributed by atoms with Gasteiger partial charge in [-0.1, -0.05) is 15.9 Å². The van der Waals surface area contributed by atoms with Gasteiger partial charge in [0.25, 0.3) is 0 Å². The smallest absolute Gasteiger partial charge is 0.116 e. The number of rotatable bonds is 1. The summed E-state index contributed by atoms with van der Waals surface area (Å²) in [4.78, 5) is 0. The molecule has 4 heteroatoms. The number of aromatic hydroxyl groups is 1. The summed E-state index contributed by atoms with van der Waals surface area (Å²) in [6, 6.07) is 5.31. The molecule has 2 nitrogen and oxygen atoms in total. The molecule has 1 heterocycles. The highest BCUT2D eigenvalue weighted by molar-refractivity contribution is 9.08. The third-order valence-electron chi connectivity index (χ3n) is 1.65. The maximum absolute atomic E-state index is 9.23. The molecule has 62 valence electrons. The lowest BCUT2D eigenvalue weighted by Gasteiger charge is -1.92. The molecule has 0 spiro atoms. The predicted molar refractivity (Wildman–Crippen MR) is 53.9 cm³/mol. The molecule has 12 heavy (non-hydrogen) atoms. The number of hydrogen-bond acceptors (Lipinski definition) is 3. The highest BCUT2D eigenvalue weighted by atomic mass is 79.9. The van der Waals surface area contributed by atoms with Gasteiger partial charge in [0.2, 0.25) is 0 Å². The molecular weight excluding hydrogens is 238 g/mol. The zero-order valence-corrected chi connectivity index (χ0v) is 8.52. The number of benzene rings is 1. The molecular formula is C8H6BrNOS. The highest BCUT2D eigenvalue weighted by Crippen LogP contribution is 2.27. The second kappa shape index (κ2) is 3.03. The number of phenols is 1. The van der Waals surface area contributed by atoms with Crippen LogP contribution < -0.4 is 0 Å². The average molecular weight is 244 g/mol. The van der Waals surface area contributed by atoms with E-state index >= 15 is 0 Å². The molecule has 0 saturated carbocycles. The summed E-state index contributed by atoms with van der Waals surface area (Å²) in [5.41, 5.74) is 0.992. The van der Waals surface area contributed by atoms with E-state index in [1.807, 2.05) is 6.07 Å². The summed E-state index contributed by atoms with van der Waals surface area (Å²) >= 11 is 4.80. The van der Waals surface area contributed by atoms with Gasteiger partial charge in [0.15, 0.2) is 0 Å². The Hall–Kier alpha value is -0.610. The first-order chi connectivity index (χ1) is 5.81. The van der Waals surface area contributed by atoms with Gasteiger partial charge >= 0.3 is 0 Å². The SMILES string of the molecule is Oc1ccc2snc(CBr)c2c1. The van der Waals surface area contributed by atoms with E-state index in [0.717, 1.165) is 21.1 Å². The minimum absolute atomic E-state index is 0.296. The van der Waals surface area contributed by atoms with Gasteiger partial charge < -0.3 is 5.11 Å². The van der Waals surface area contributed by atoms with Crippen LogP contribution in [0.4, 0.5) is 0 Å². The van der Waals surface area contributed by atoms with Crippen LogP contribution >= 0.6 is 27.5 Å².